The molecule has 1 saturated heterocycles. The monoisotopic (exact) mass is 554 g/mol. The number of aromatic nitrogens is 7. The number of nitrogens with one attached hydrogen (secondary N) is 1. The summed E-state index contributed by atoms with van der Waals surface area (Å²) in [7, 11) is 1.84. The number of imidazole rings is 1. The summed E-state index contributed by atoms with van der Waals surface area (Å²) in [5, 5.41) is 8.56. The summed E-state index contributed by atoms with van der Waals surface area (Å²) in [6.07, 6.45) is 8.36. The van der Waals surface area contributed by atoms with Crippen LogP contribution in [-0.4, -0.2) is 65.5 Å². The van der Waals surface area contributed by atoms with Crippen molar-refractivity contribution in [2.45, 2.75) is 38.6 Å². The first kappa shape index (κ1) is 26.8. The van der Waals surface area contributed by atoms with E-state index in [4.69, 9.17) is 27.2 Å². The van der Waals surface area contributed by atoms with E-state index >= 15 is 0 Å². The maximum absolute atomic E-state index is 12.9. The van der Waals surface area contributed by atoms with E-state index in [1.54, 1.807) is 23.2 Å². The average molecular weight is 555 g/mol. The number of pyridine rings is 1. The van der Waals surface area contributed by atoms with Crippen LogP contribution in [0.1, 0.15) is 44.6 Å². The predicted molar refractivity (Wildman–Crippen MR) is 149 cm³/mol. The van der Waals surface area contributed by atoms with Crippen LogP contribution in [0.3, 0.4) is 0 Å². The second-order valence-electron chi connectivity index (χ2n) is 10.5. The molecular weight excluding hydrogens is 523 g/mol. The highest BCUT2D eigenvalue weighted by atomic mass is 35.5. The van der Waals surface area contributed by atoms with E-state index in [-0.39, 0.29) is 18.1 Å². The Kier molecular flexibility index (Phi) is 7.41. The maximum atomic E-state index is 12.9. The van der Waals surface area contributed by atoms with Gasteiger partial charge in [-0.15, -0.1) is 0 Å². The van der Waals surface area contributed by atoms with Gasteiger partial charge in [-0.2, -0.15) is 10.1 Å². The lowest BCUT2D eigenvalue weighted by molar-refractivity contribution is 0.282. The highest BCUT2D eigenvalue weighted by Crippen LogP contribution is 2.36. The first-order valence-corrected chi connectivity index (χ1v) is 13.1. The summed E-state index contributed by atoms with van der Waals surface area (Å²) < 4.78 is 22.7. The molecule has 0 unspecified atom stereocenters. The Morgan fingerprint density at radius 1 is 1.28 bits per heavy atom. The van der Waals surface area contributed by atoms with Gasteiger partial charge in [0.05, 0.1) is 18.4 Å². The molecule has 1 atom stereocenters. The summed E-state index contributed by atoms with van der Waals surface area (Å²) in [4.78, 5) is 19.5. The molecule has 0 saturated carbocycles. The summed E-state index contributed by atoms with van der Waals surface area (Å²) in [5.41, 5.74) is 8.22. The molecule has 0 amide bonds. The number of alkyl halides is 1. The molecule has 4 aromatic rings. The summed E-state index contributed by atoms with van der Waals surface area (Å²) in [6.45, 7) is 8.21. The van der Waals surface area contributed by atoms with E-state index < -0.39 is 0 Å². The van der Waals surface area contributed by atoms with Crippen molar-refractivity contribution < 1.29 is 9.13 Å². The van der Waals surface area contributed by atoms with Crippen molar-refractivity contribution in [1.29, 1.82) is 0 Å². The van der Waals surface area contributed by atoms with Crippen molar-refractivity contribution in [3.8, 4) is 5.75 Å². The van der Waals surface area contributed by atoms with E-state index in [0.717, 1.165) is 25.2 Å². The van der Waals surface area contributed by atoms with E-state index in [1.807, 2.05) is 13.1 Å². The van der Waals surface area contributed by atoms with Gasteiger partial charge < -0.3 is 20.4 Å². The molecule has 206 valence electrons. The maximum Gasteiger partial charge on any atom is 0.210 e. The van der Waals surface area contributed by atoms with E-state index in [1.165, 1.54) is 12.4 Å². The fourth-order valence-corrected chi connectivity index (χ4v) is 5.05. The zero-order valence-corrected chi connectivity index (χ0v) is 23.2. The van der Waals surface area contributed by atoms with Crippen LogP contribution in [0.4, 0.5) is 16.2 Å². The molecule has 4 aromatic heterocycles. The standard InChI is InChI=1S/C26H32ClFN10O/c1-26(2,3)20-11-21(35-38(20)16-5-9-37(15-16)10-6-28)33-25-34-24-23(36(25)4)22(27)19(14-32-24)39-18(12-29)17-13-30-7-8-31-17/h7-8,11-14,16H,5-6,9-10,15,29H2,1-4H3,(H,32,33,34,35)/t16-/m1/s1. The molecule has 1 aliphatic rings. The molecule has 3 N–H and O–H groups in total. The zero-order chi connectivity index (χ0) is 27.7. The van der Waals surface area contributed by atoms with Gasteiger partial charge in [-0.05, 0) is 6.42 Å². The van der Waals surface area contributed by atoms with Crippen LogP contribution in [0, 0.1) is 0 Å². The Bertz CT molecular complexity index is 1490. The molecular formula is C26H32ClFN10O. The minimum Gasteiger partial charge on any atom is -0.450 e. The van der Waals surface area contributed by atoms with E-state index in [0.29, 0.717) is 51.7 Å². The molecule has 5 rings (SSSR count). The molecule has 0 radical (unpaired) electrons. The fraction of sp³-hybridized carbons (Fsp3) is 0.423. The quantitative estimate of drug-likeness (QED) is 0.308. The van der Waals surface area contributed by atoms with Gasteiger partial charge in [0.25, 0.3) is 0 Å². The second-order valence-corrected chi connectivity index (χ2v) is 10.9. The molecule has 0 spiro atoms. The van der Waals surface area contributed by atoms with Crippen LogP contribution in [0.25, 0.3) is 16.9 Å². The Labute approximate surface area is 230 Å². The van der Waals surface area contributed by atoms with Crippen LogP contribution >= 0.6 is 11.6 Å². The average Bonchev–Trinajstić information content (AvgIpc) is 3.62. The molecule has 0 bridgehead atoms. The molecule has 1 fully saturated rings. The number of hydrogen-bond donors (Lipinski definition) is 2. The largest absolute Gasteiger partial charge is 0.450 e. The van der Waals surface area contributed by atoms with Crippen molar-refractivity contribution in [2.75, 3.05) is 31.6 Å². The lowest BCUT2D eigenvalue weighted by Gasteiger charge is -2.23. The smallest absolute Gasteiger partial charge is 0.210 e. The van der Waals surface area contributed by atoms with Gasteiger partial charge in [0.15, 0.2) is 23.0 Å². The lowest BCUT2D eigenvalue weighted by atomic mass is 9.91. The number of hydrogen-bond acceptors (Lipinski definition) is 9. The Hall–Kier alpha value is -3.77. The minimum atomic E-state index is -0.342. The first-order chi connectivity index (χ1) is 18.7. The van der Waals surface area contributed by atoms with Gasteiger partial charge in [0.2, 0.25) is 5.95 Å². The third kappa shape index (κ3) is 5.39. The molecule has 0 aromatic carbocycles. The van der Waals surface area contributed by atoms with Gasteiger partial charge >= 0.3 is 0 Å². The van der Waals surface area contributed by atoms with Gasteiger partial charge in [-0.3, -0.25) is 14.6 Å². The third-order valence-electron chi connectivity index (χ3n) is 6.73. The van der Waals surface area contributed by atoms with Crippen molar-refractivity contribution in [1.82, 2.24) is 39.2 Å². The highest BCUT2D eigenvalue weighted by molar-refractivity contribution is 6.36. The fourth-order valence-electron chi connectivity index (χ4n) is 4.76. The minimum absolute atomic E-state index is 0.138. The molecule has 39 heavy (non-hydrogen) atoms. The number of nitrogens with zero attached hydrogens (tertiary/aromatic N) is 8. The lowest BCUT2D eigenvalue weighted by Crippen LogP contribution is -2.26. The van der Waals surface area contributed by atoms with Gasteiger partial charge in [0, 0.05) is 62.5 Å². The second kappa shape index (κ2) is 10.8. The topological polar surface area (TPSA) is 125 Å². The van der Waals surface area contributed by atoms with E-state index in [2.05, 4.69) is 55.6 Å². The molecule has 1 aliphatic heterocycles. The van der Waals surface area contributed by atoms with E-state index in [9.17, 15) is 4.39 Å². The zero-order valence-electron chi connectivity index (χ0n) is 22.4. The van der Waals surface area contributed by atoms with Gasteiger partial charge in [0.1, 0.15) is 22.9 Å². The summed E-state index contributed by atoms with van der Waals surface area (Å²) in [6, 6.07) is 2.22. The Morgan fingerprint density at radius 2 is 2.10 bits per heavy atom. The number of ether oxygens (including phenoxy) is 1. The third-order valence-corrected chi connectivity index (χ3v) is 7.10. The van der Waals surface area contributed by atoms with Gasteiger partial charge in [-0.25, -0.2) is 14.4 Å². The number of anilines is 2. The molecule has 0 aliphatic carbocycles. The number of aryl methyl sites for hydroxylation is 1. The van der Waals surface area contributed by atoms with Crippen molar-refractivity contribution in [2.24, 2.45) is 12.8 Å². The Balaban J connectivity index is 1.44. The van der Waals surface area contributed by atoms with Crippen molar-refractivity contribution in [3.05, 3.63) is 53.5 Å². The number of likely N-dealkylation sites (tertiary alicyclic amines) is 1. The summed E-state index contributed by atoms with van der Waals surface area (Å²) in [5.74, 6) is 1.78. The van der Waals surface area contributed by atoms with Crippen LogP contribution in [0.5, 0.6) is 5.75 Å². The number of rotatable bonds is 8. The molecule has 13 heteroatoms. The number of halogens is 2. The first-order valence-electron chi connectivity index (χ1n) is 12.7. The van der Waals surface area contributed by atoms with Crippen LogP contribution < -0.4 is 15.8 Å². The summed E-state index contributed by atoms with van der Waals surface area (Å²) >= 11 is 6.76. The molecule has 11 nitrogen and oxygen atoms in total. The molecule has 5 heterocycles. The van der Waals surface area contributed by atoms with Crippen LogP contribution in [0.2, 0.25) is 5.02 Å². The normalized spacial score (nSPS) is 16.8. The predicted octanol–water partition coefficient (Wildman–Crippen LogP) is 4.20. The van der Waals surface area contributed by atoms with Crippen LogP contribution in [-0.2, 0) is 12.5 Å². The van der Waals surface area contributed by atoms with Crippen molar-refractivity contribution in [3.63, 3.8) is 0 Å². The number of fused-ring (bicyclic) bond motifs is 1. The van der Waals surface area contributed by atoms with Crippen molar-refractivity contribution >= 4 is 40.3 Å². The van der Waals surface area contributed by atoms with Gasteiger partial charge in [-0.1, -0.05) is 32.4 Å². The highest BCUT2D eigenvalue weighted by Gasteiger charge is 2.30. The van der Waals surface area contributed by atoms with Crippen LogP contribution in [0.15, 0.2) is 37.1 Å². The number of nitrogens with two attached hydrogens (primary N) is 1. The SMILES string of the molecule is Cn1c(Nc2cc(C(C)(C)C)n([C@@H]3CCN(CCF)C3)n2)nc2ncc(OC(=CN)c3cnccn3)c(Cl)c21. The Morgan fingerprint density at radius 3 is 2.79 bits per heavy atom.